The first-order valence-corrected chi connectivity index (χ1v) is 11.9. The molecule has 0 atom stereocenters. The Morgan fingerprint density at radius 3 is 2.51 bits per heavy atom. The number of nitrogens with one attached hydrogen (secondary N) is 1. The molecule has 0 spiro atoms. The number of carbonyl (C=O) groups excluding carboxylic acids is 1. The number of carbonyl (C=O) groups is 1. The molecule has 0 aliphatic heterocycles. The molecule has 0 aliphatic rings. The van der Waals surface area contributed by atoms with E-state index in [0.717, 1.165) is 32.4 Å². The van der Waals surface area contributed by atoms with Crippen LogP contribution in [0, 0.1) is 13.8 Å². The highest BCUT2D eigenvalue weighted by Gasteiger charge is 2.21. The van der Waals surface area contributed by atoms with Crippen LogP contribution in [0.5, 0.6) is 5.75 Å². The third-order valence-electron chi connectivity index (χ3n) is 5.74. The molecule has 0 aliphatic carbocycles. The topological polar surface area (TPSA) is 82.2 Å². The van der Waals surface area contributed by atoms with Crippen LogP contribution >= 0.6 is 15.9 Å². The number of para-hydroxylation sites is 1. The zero-order chi connectivity index (χ0) is 24.5. The Balaban J connectivity index is 1.45. The Kier molecular flexibility index (Phi) is 6.13. The number of benzene rings is 3. The van der Waals surface area contributed by atoms with Crippen LogP contribution in [0.15, 0.2) is 75.6 Å². The molecule has 2 heterocycles. The predicted molar refractivity (Wildman–Crippen MR) is 139 cm³/mol. The van der Waals surface area contributed by atoms with Crippen LogP contribution in [0.2, 0.25) is 0 Å². The summed E-state index contributed by atoms with van der Waals surface area (Å²) in [4.78, 5) is 12.6. The summed E-state index contributed by atoms with van der Waals surface area (Å²) in [6, 6.07) is 22.0. The maximum Gasteiger partial charge on any atom is 0.320 e. The molecule has 35 heavy (non-hydrogen) atoms. The number of hydrogen-bond donors (Lipinski definition) is 1. The fraction of sp³-hybridized carbons (Fsp3) is 0.148. The fourth-order valence-corrected chi connectivity index (χ4v) is 4.59. The Morgan fingerprint density at radius 1 is 1.06 bits per heavy atom. The first-order chi connectivity index (χ1) is 16.9. The Labute approximate surface area is 210 Å². The van der Waals surface area contributed by atoms with Crippen molar-refractivity contribution in [3.05, 3.63) is 93.9 Å². The molecule has 0 saturated heterocycles. The maximum absolute atomic E-state index is 12.6. The highest BCUT2D eigenvalue weighted by atomic mass is 79.9. The van der Waals surface area contributed by atoms with Gasteiger partial charge < -0.3 is 19.0 Å². The van der Waals surface area contributed by atoms with Gasteiger partial charge in [0.1, 0.15) is 5.75 Å². The molecule has 0 unspecified atom stereocenters. The standard InChI is InChI=1S/C27H23BrN4O3/c1-16-9-11-20(12-10-16)32-17(2)26(18(3)33)21-13-24(22(28)14-23(21)32)34-15-25-30-31-27(35-25)29-19-7-5-4-6-8-19/h4-14H,15H2,1-3H3,(H,29,31). The third kappa shape index (κ3) is 4.57. The number of ether oxygens (including phenoxy) is 1. The molecule has 0 saturated carbocycles. The van der Waals surface area contributed by atoms with Crippen molar-refractivity contribution in [2.45, 2.75) is 27.4 Å². The minimum Gasteiger partial charge on any atom is -0.483 e. The summed E-state index contributed by atoms with van der Waals surface area (Å²) in [5.41, 5.74) is 5.49. The van der Waals surface area contributed by atoms with Gasteiger partial charge in [-0.05, 0) is 73.1 Å². The molecular weight excluding hydrogens is 508 g/mol. The van der Waals surface area contributed by atoms with Gasteiger partial charge in [-0.3, -0.25) is 4.79 Å². The van der Waals surface area contributed by atoms with Crippen molar-refractivity contribution in [2.24, 2.45) is 0 Å². The van der Waals surface area contributed by atoms with Crippen LogP contribution in [0.4, 0.5) is 11.7 Å². The van der Waals surface area contributed by atoms with Crippen molar-refractivity contribution in [1.29, 1.82) is 0 Å². The number of aromatic nitrogens is 3. The average Bonchev–Trinajstić information content (AvgIpc) is 3.39. The molecule has 3 aromatic carbocycles. The highest BCUT2D eigenvalue weighted by Crippen LogP contribution is 2.37. The lowest BCUT2D eigenvalue weighted by molar-refractivity contribution is 0.101. The second-order valence-electron chi connectivity index (χ2n) is 8.27. The number of nitrogens with zero attached hydrogens (tertiary/aromatic N) is 3. The summed E-state index contributed by atoms with van der Waals surface area (Å²) in [5, 5.41) is 12.0. The van der Waals surface area contributed by atoms with Crippen LogP contribution in [-0.2, 0) is 6.61 Å². The third-order valence-corrected chi connectivity index (χ3v) is 6.36. The molecule has 1 N–H and O–H groups in total. The molecule has 8 heteroatoms. The summed E-state index contributed by atoms with van der Waals surface area (Å²) in [7, 11) is 0. The number of fused-ring (bicyclic) bond motifs is 1. The van der Waals surface area contributed by atoms with Gasteiger partial charge in [-0.15, -0.1) is 5.10 Å². The van der Waals surface area contributed by atoms with Crippen LogP contribution in [-0.4, -0.2) is 20.5 Å². The fourth-order valence-electron chi connectivity index (χ4n) is 4.14. The SMILES string of the molecule is CC(=O)c1c(C)n(-c2ccc(C)cc2)c2cc(Br)c(OCc3nnc(Nc4ccccc4)o3)cc12. The van der Waals surface area contributed by atoms with E-state index >= 15 is 0 Å². The second kappa shape index (κ2) is 9.38. The monoisotopic (exact) mass is 530 g/mol. The quantitative estimate of drug-likeness (QED) is 0.230. The number of aryl methyl sites for hydroxylation is 1. The van der Waals surface area contributed by atoms with Gasteiger partial charge in [0, 0.05) is 28.0 Å². The second-order valence-corrected chi connectivity index (χ2v) is 9.12. The minimum absolute atomic E-state index is 0.000151. The first kappa shape index (κ1) is 22.9. The van der Waals surface area contributed by atoms with Gasteiger partial charge in [-0.25, -0.2) is 0 Å². The summed E-state index contributed by atoms with van der Waals surface area (Å²) in [5.74, 6) is 0.910. The van der Waals surface area contributed by atoms with Crippen molar-refractivity contribution in [3.8, 4) is 11.4 Å². The Hall–Kier alpha value is -3.91. The summed E-state index contributed by atoms with van der Waals surface area (Å²) < 4.78 is 14.5. The lowest BCUT2D eigenvalue weighted by Crippen LogP contribution is -1.99. The summed E-state index contributed by atoms with van der Waals surface area (Å²) in [6.45, 7) is 5.69. The highest BCUT2D eigenvalue weighted by molar-refractivity contribution is 9.10. The Bertz CT molecular complexity index is 1520. The van der Waals surface area contributed by atoms with Gasteiger partial charge in [-0.2, -0.15) is 0 Å². The molecule has 0 amide bonds. The molecular formula is C27H23BrN4O3. The molecule has 176 valence electrons. The number of Topliss-reactive ketones (excluding diaryl/α,β-unsaturated/α-hetero) is 1. The van der Waals surface area contributed by atoms with E-state index in [-0.39, 0.29) is 18.4 Å². The number of anilines is 2. The lowest BCUT2D eigenvalue weighted by Gasteiger charge is -2.11. The lowest BCUT2D eigenvalue weighted by atomic mass is 10.1. The number of rotatable bonds is 7. The van der Waals surface area contributed by atoms with E-state index in [4.69, 9.17) is 9.15 Å². The van der Waals surface area contributed by atoms with Crippen molar-refractivity contribution in [3.63, 3.8) is 0 Å². The molecule has 0 radical (unpaired) electrons. The molecule has 5 rings (SSSR count). The van der Waals surface area contributed by atoms with Gasteiger partial charge in [0.15, 0.2) is 12.4 Å². The van der Waals surface area contributed by atoms with E-state index in [0.29, 0.717) is 17.2 Å². The van der Waals surface area contributed by atoms with Gasteiger partial charge in [0.2, 0.25) is 0 Å². The molecule has 7 nitrogen and oxygen atoms in total. The zero-order valence-electron chi connectivity index (χ0n) is 19.5. The van der Waals surface area contributed by atoms with Gasteiger partial charge in [-0.1, -0.05) is 41.0 Å². The van der Waals surface area contributed by atoms with Crippen molar-refractivity contribution < 1.29 is 13.9 Å². The van der Waals surface area contributed by atoms with Crippen LogP contribution in [0.1, 0.15) is 34.4 Å². The van der Waals surface area contributed by atoms with E-state index < -0.39 is 0 Å². The largest absolute Gasteiger partial charge is 0.483 e. The molecule has 2 aromatic heterocycles. The van der Waals surface area contributed by atoms with Crippen molar-refractivity contribution >= 4 is 44.3 Å². The van der Waals surface area contributed by atoms with E-state index in [1.807, 2.05) is 49.4 Å². The van der Waals surface area contributed by atoms with Crippen LogP contribution in [0.3, 0.4) is 0 Å². The van der Waals surface area contributed by atoms with E-state index in [2.05, 4.69) is 67.2 Å². The number of hydrogen-bond acceptors (Lipinski definition) is 6. The first-order valence-electron chi connectivity index (χ1n) is 11.1. The van der Waals surface area contributed by atoms with Crippen LogP contribution in [0.25, 0.3) is 16.6 Å². The molecule has 0 fully saturated rings. The summed E-state index contributed by atoms with van der Waals surface area (Å²) in [6.07, 6.45) is 0. The van der Waals surface area contributed by atoms with Gasteiger partial charge in [0.05, 0.1) is 9.99 Å². The number of halogens is 1. The molecule has 0 bridgehead atoms. The predicted octanol–water partition coefficient (Wildman–Crippen LogP) is 6.92. The van der Waals surface area contributed by atoms with E-state index in [1.54, 1.807) is 6.92 Å². The normalized spacial score (nSPS) is 11.1. The van der Waals surface area contributed by atoms with Crippen LogP contribution < -0.4 is 10.1 Å². The average molecular weight is 531 g/mol. The smallest absolute Gasteiger partial charge is 0.320 e. The van der Waals surface area contributed by atoms with Crippen molar-refractivity contribution in [2.75, 3.05) is 5.32 Å². The maximum atomic E-state index is 12.6. The van der Waals surface area contributed by atoms with Gasteiger partial charge in [0.25, 0.3) is 5.89 Å². The Morgan fingerprint density at radius 2 is 1.80 bits per heavy atom. The zero-order valence-corrected chi connectivity index (χ0v) is 21.1. The minimum atomic E-state index is 0.000151. The number of ketones is 1. The van der Waals surface area contributed by atoms with Gasteiger partial charge >= 0.3 is 6.01 Å². The van der Waals surface area contributed by atoms with E-state index in [1.165, 1.54) is 5.56 Å². The molecule has 5 aromatic rings. The van der Waals surface area contributed by atoms with Crippen molar-refractivity contribution in [1.82, 2.24) is 14.8 Å². The summed E-state index contributed by atoms with van der Waals surface area (Å²) >= 11 is 3.63. The van der Waals surface area contributed by atoms with E-state index in [9.17, 15) is 4.79 Å².